The lowest BCUT2D eigenvalue weighted by Gasteiger charge is -2.33. The largest absolute Gasteiger partial charge is 0.433 e. The van der Waals surface area contributed by atoms with Crippen LogP contribution in [-0.4, -0.2) is 35.9 Å². The second-order valence-electron chi connectivity index (χ2n) is 7.05. The van der Waals surface area contributed by atoms with Crippen LogP contribution in [0.5, 0.6) is 0 Å². The van der Waals surface area contributed by atoms with Gasteiger partial charge in [-0.1, -0.05) is 11.6 Å². The average molecular weight is 481 g/mol. The Balaban J connectivity index is 2.00. The lowest BCUT2D eigenvalue weighted by Crippen LogP contribution is -2.45. The maximum Gasteiger partial charge on any atom is 0.433 e. The van der Waals surface area contributed by atoms with Crippen LogP contribution in [0, 0.1) is 5.82 Å². The van der Waals surface area contributed by atoms with Crippen LogP contribution in [0.15, 0.2) is 35.3 Å². The van der Waals surface area contributed by atoms with E-state index in [4.69, 9.17) is 22.1 Å². The minimum Gasteiger partial charge on any atom is -0.385 e. The van der Waals surface area contributed by atoms with Gasteiger partial charge in [0.1, 0.15) is 36.3 Å². The van der Waals surface area contributed by atoms with Crippen molar-refractivity contribution in [2.45, 2.75) is 24.6 Å². The number of rotatable bonds is 3. The molecule has 1 aromatic heterocycles. The third-order valence-corrected chi connectivity index (χ3v) is 5.02. The molecule has 2 aromatic rings. The average Bonchev–Trinajstić information content (AvgIpc) is 2.78. The first kappa shape index (κ1) is 23.8. The Hall–Kier alpha value is -2.86. The number of halogens is 7. The van der Waals surface area contributed by atoms with Gasteiger partial charge in [-0.05, 0) is 37.3 Å². The van der Waals surface area contributed by atoms with E-state index in [0.29, 0.717) is 6.07 Å². The van der Waals surface area contributed by atoms with Crippen molar-refractivity contribution in [3.63, 3.8) is 0 Å². The zero-order chi connectivity index (χ0) is 23.9. The fraction of sp³-hybridized carbons (Fsp3) is 0.316. The molecule has 1 aromatic carbocycles. The zero-order valence-electron chi connectivity index (χ0n) is 16.2. The van der Waals surface area contributed by atoms with E-state index < -0.39 is 52.9 Å². The monoisotopic (exact) mass is 480 g/mol. The van der Waals surface area contributed by atoms with Gasteiger partial charge in [0.15, 0.2) is 5.54 Å². The zero-order valence-corrected chi connectivity index (χ0v) is 17.0. The van der Waals surface area contributed by atoms with Crippen LogP contribution in [0.2, 0.25) is 5.02 Å². The van der Waals surface area contributed by atoms with E-state index in [1.807, 2.05) is 0 Å². The molecular weight excluding hydrogens is 466 g/mol. The highest BCUT2D eigenvalue weighted by molar-refractivity contribution is 6.34. The molecule has 0 aliphatic carbocycles. The van der Waals surface area contributed by atoms with E-state index in [-0.39, 0.29) is 23.2 Å². The molecule has 1 atom stereocenters. The van der Waals surface area contributed by atoms with Gasteiger partial charge in [-0.3, -0.25) is 9.79 Å². The third-order valence-electron chi connectivity index (χ3n) is 4.71. The molecule has 0 saturated heterocycles. The summed E-state index contributed by atoms with van der Waals surface area (Å²) in [5, 5.41) is 1.80. The summed E-state index contributed by atoms with van der Waals surface area (Å²) < 4.78 is 87.5. The molecule has 0 fully saturated rings. The number of pyridine rings is 1. The lowest BCUT2D eigenvalue weighted by atomic mass is 9.85. The Morgan fingerprint density at radius 3 is 2.59 bits per heavy atom. The van der Waals surface area contributed by atoms with Crippen molar-refractivity contribution in [1.82, 2.24) is 4.98 Å². The van der Waals surface area contributed by atoms with Crippen molar-refractivity contribution in [2.24, 2.45) is 10.7 Å². The number of anilines is 1. The molecule has 1 aliphatic heterocycles. The number of nitrogens with one attached hydrogen (secondary N) is 1. The Kier molecular flexibility index (Phi) is 6.13. The number of aromatic nitrogens is 1. The quantitative estimate of drug-likeness (QED) is 0.638. The number of ether oxygens (including phenoxy) is 1. The molecule has 172 valence electrons. The van der Waals surface area contributed by atoms with Crippen molar-refractivity contribution in [1.29, 1.82) is 0 Å². The fourth-order valence-corrected chi connectivity index (χ4v) is 3.20. The van der Waals surface area contributed by atoms with Gasteiger partial charge in [0.2, 0.25) is 0 Å². The Morgan fingerprint density at radius 2 is 1.94 bits per heavy atom. The van der Waals surface area contributed by atoms with E-state index in [0.717, 1.165) is 31.2 Å². The number of nitrogens with two attached hydrogens (primary N) is 1. The number of hydrogen-bond acceptors (Lipinski definition) is 5. The van der Waals surface area contributed by atoms with Crippen LogP contribution >= 0.6 is 11.6 Å². The molecule has 1 amide bonds. The molecule has 3 N–H and O–H groups in total. The Morgan fingerprint density at radius 1 is 1.25 bits per heavy atom. The molecule has 0 unspecified atom stereocenters. The number of nitrogens with zero attached hydrogens (tertiary/aromatic N) is 2. The summed E-state index contributed by atoms with van der Waals surface area (Å²) in [5.74, 6) is -6.20. The van der Waals surface area contributed by atoms with Gasteiger partial charge in [-0.15, -0.1) is 0 Å². The lowest BCUT2D eigenvalue weighted by molar-refractivity contribution is -0.141. The predicted octanol–water partition coefficient (Wildman–Crippen LogP) is 4.38. The summed E-state index contributed by atoms with van der Waals surface area (Å²) in [6.45, 7) is -0.528. The SMILES string of the molecule is C[C@]1(c2cc(NC(=O)c3nc(C(F)(F)F)ccc3Cl)ccc2F)N=C(N)COCC1(F)F. The molecule has 13 heteroatoms. The first-order chi connectivity index (χ1) is 14.7. The topological polar surface area (TPSA) is 89.6 Å². The first-order valence-electron chi connectivity index (χ1n) is 8.89. The second-order valence-corrected chi connectivity index (χ2v) is 7.45. The number of aliphatic imine (C=N–C) groups is 1. The van der Waals surface area contributed by atoms with Gasteiger partial charge < -0.3 is 15.8 Å². The number of carbonyl (C=O) groups is 1. The fourth-order valence-electron chi connectivity index (χ4n) is 3.01. The number of hydrogen-bond donors (Lipinski definition) is 2. The van der Waals surface area contributed by atoms with Crippen LogP contribution in [0.1, 0.15) is 28.7 Å². The maximum atomic E-state index is 14.7. The van der Waals surface area contributed by atoms with Crippen molar-refractivity contribution in [2.75, 3.05) is 18.5 Å². The molecule has 0 bridgehead atoms. The van der Waals surface area contributed by atoms with Gasteiger partial charge in [-0.25, -0.2) is 18.2 Å². The number of amidine groups is 1. The molecule has 2 heterocycles. The normalized spacial score (nSPS) is 20.9. The molecule has 0 spiro atoms. The van der Waals surface area contributed by atoms with Gasteiger partial charge in [0.25, 0.3) is 11.8 Å². The highest BCUT2D eigenvalue weighted by atomic mass is 35.5. The smallest absolute Gasteiger partial charge is 0.385 e. The minimum atomic E-state index is -4.83. The summed E-state index contributed by atoms with van der Waals surface area (Å²) in [4.78, 5) is 19.4. The molecule has 3 rings (SSSR count). The van der Waals surface area contributed by atoms with Gasteiger partial charge in [0.05, 0.1) is 5.02 Å². The minimum absolute atomic E-state index is 0.211. The van der Waals surface area contributed by atoms with Crippen LogP contribution in [-0.2, 0) is 16.5 Å². The standard InChI is InChI=1S/C19H15ClF6N4O2/c1-17(18(22,23)8-32-7-14(27)30-17)10-6-9(2-4-12(10)21)28-16(31)15-11(20)3-5-13(29-15)19(24,25)26/h2-6H,7-8H2,1H3,(H2,27,30)(H,28,31)/t17-/m1/s1. The molecule has 0 radical (unpaired) electrons. The highest BCUT2D eigenvalue weighted by Crippen LogP contribution is 2.44. The van der Waals surface area contributed by atoms with E-state index in [9.17, 15) is 31.1 Å². The molecular formula is C19H15ClF6N4O2. The summed E-state index contributed by atoms with van der Waals surface area (Å²) in [6, 6.07) is 4.14. The van der Waals surface area contributed by atoms with Crippen molar-refractivity contribution in [3.8, 4) is 0 Å². The maximum absolute atomic E-state index is 14.7. The van der Waals surface area contributed by atoms with Gasteiger partial charge in [0, 0.05) is 11.3 Å². The number of amides is 1. The molecule has 1 aliphatic rings. The van der Waals surface area contributed by atoms with E-state index in [2.05, 4.69) is 15.3 Å². The van der Waals surface area contributed by atoms with Crippen LogP contribution in [0.25, 0.3) is 0 Å². The number of carbonyl (C=O) groups excluding carboxylic acids is 1. The van der Waals surface area contributed by atoms with E-state index >= 15 is 0 Å². The summed E-state index contributed by atoms with van der Waals surface area (Å²) in [5.41, 5.74) is 0.143. The number of benzene rings is 1. The summed E-state index contributed by atoms with van der Waals surface area (Å²) in [6.07, 6.45) is -4.83. The highest BCUT2D eigenvalue weighted by Gasteiger charge is 2.54. The molecule has 32 heavy (non-hydrogen) atoms. The Labute approximate surface area is 182 Å². The van der Waals surface area contributed by atoms with Crippen molar-refractivity contribution >= 4 is 29.0 Å². The van der Waals surface area contributed by atoms with E-state index in [1.54, 1.807) is 0 Å². The summed E-state index contributed by atoms with van der Waals surface area (Å²) >= 11 is 5.78. The predicted molar refractivity (Wildman–Crippen MR) is 103 cm³/mol. The van der Waals surface area contributed by atoms with E-state index in [1.165, 1.54) is 0 Å². The Bertz CT molecular complexity index is 1090. The van der Waals surface area contributed by atoms with Crippen LogP contribution in [0.4, 0.5) is 32.0 Å². The first-order valence-corrected chi connectivity index (χ1v) is 9.27. The third kappa shape index (κ3) is 4.51. The van der Waals surface area contributed by atoms with Crippen molar-refractivity contribution < 1.29 is 35.9 Å². The molecule has 0 saturated carbocycles. The van der Waals surface area contributed by atoms with Crippen LogP contribution < -0.4 is 11.1 Å². The second kappa shape index (κ2) is 8.24. The number of alkyl halides is 5. The molecule has 6 nitrogen and oxygen atoms in total. The van der Waals surface area contributed by atoms with Crippen molar-refractivity contribution in [3.05, 3.63) is 58.1 Å². The van der Waals surface area contributed by atoms with Gasteiger partial charge in [-0.2, -0.15) is 13.2 Å². The van der Waals surface area contributed by atoms with Crippen LogP contribution in [0.3, 0.4) is 0 Å². The van der Waals surface area contributed by atoms with Gasteiger partial charge >= 0.3 is 6.18 Å². The summed E-state index contributed by atoms with van der Waals surface area (Å²) in [7, 11) is 0.